The van der Waals surface area contributed by atoms with Crippen molar-refractivity contribution >= 4 is 7.85 Å². The van der Waals surface area contributed by atoms with Crippen LogP contribution in [0.15, 0.2) is 0 Å². The summed E-state index contributed by atoms with van der Waals surface area (Å²) < 4.78 is 0. The van der Waals surface area contributed by atoms with Crippen molar-refractivity contribution in [2.45, 2.75) is 32.0 Å². The van der Waals surface area contributed by atoms with Gasteiger partial charge in [0.1, 0.15) is 7.85 Å². The summed E-state index contributed by atoms with van der Waals surface area (Å²) in [5, 5.41) is 0. The van der Waals surface area contributed by atoms with Crippen LogP contribution in [0.5, 0.6) is 0 Å². The predicted molar refractivity (Wildman–Crippen MR) is 70.2 cm³/mol. The minimum absolute atomic E-state index is 1.20. The van der Waals surface area contributed by atoms with Gasteiger partial charge in [0.25, 0.3) is 0 Å². The monoisotopic (exact) mass is 226 g/mol. The number of fused-ring (bicyclic) bond motifs is 12. The first-order valence-corrected chi connectivity index (χ1v) is 8.42. The Morgan fingerprint density at radius 3 is 2.00 bits per heavy atom. The maximum Gasteiger partial charge on any atom is 0.101 e. The molecule has 0 saturated heterocycles. The van der Waals surface area contributed by atoms with Crippen molar-refractivity contribution in [1.82, 2.24) is 0 Å². The van der Waals surface area contributed by atoms with Gasteiger partial charge >= 0.3 is 0 Å². The van der Waals surface area contributed by atoms with Crippen molar-refractivity contribution in [3.05, 3.63) is 0 Å². The fourth-order valence-corrected chi connectivity index (χ4v) is 8.12. The van der Waals surface area contributed by atoms with Gasteiger partial charge in [0.2, 0.25) is 0 Å². The molecule has 0 aromatic heterocycles. The van der Waals surface area contributed by atoms with Crippen LogP contribution in [0.25, 0.3) is 0 Å². The Bertz CT molecular complexity index is 404. The largest absolute Gasteiger partial charge is 0.101 e. The molecule has 0 aliphatic heterocycles. The Balaban J connectivity index is 1.36. The van der Waals surface area contributed by atoms with Crippen LogP contribution in [0.1, 0.15) is 25.7 Å². The maximum absolute atomic E-state index is 2.42. The number of hydrogen-bond donors (Lipinski definition) is 0. The van der Waals surface area contributed by atoms with Crippen molar-refractivity contribution in [2.75, 3.05) is 0 Å². The van der Waals surface area contributed by atoms with Gasteiger partial charge in [-0.1, -0.05) is 12.7 Å². The van der Waals surface area contributed by atoms with Gasteiger partial charge in [0, 0.05) is 0 Å². The molecule has 6 rings (SSSR count). The molecule has 0 N–H and O–H groups in total. The molecule has 90 valence electrons. The second-order valence-electron chi connectivity index (χ2n) is 8.39. The SMILES string of the molecule is BCCC1C2CCC2C2C1C1C3C4CC4C3C21. The highest BCUT2D eigenvalue weighted by atomic mass is 14.9. The zero-order valence-electron chi connectivity index (χ0n) is 10.9. The quantitative estimate of drug-likeness (QED) is 0.501. The summed E-state index contributed by atoms with van der Waals surface area (Å²) in [6.07, 6.45) is 7.94. The Hall–Kier alpha value is 0.0649. The molecular formula is C16H23B. The number of hydrogen-bond acceptors (Lipinski definition) is 0. The lowest BCUT2D eigenvalue weighted by atomic mass is 9.31. The van der Waals surface area contributed by atoms with E-state index in [4.69, 9.17) is 0 Å². The molecule has 11 unspecified atom stereocenters. The first-order valence-electron chi connectivity index (χ1n) is 8.42. The van der Waals surface area contributed by atoms with E-state index in [0.717, 1.165) is 0 Å². The van der Waals surface area contributed by atoms with E-state index in [1.54, 1.807) is 25.7 Å². The molecular weight excluding hydrogens is 203 g/mol. The molecule has 0 radical (unpaired) electrons. The van der Waals surface area contributed by atoms with Crippen molar-refractivity contribution in [1.29, 1.82) is 0 Å². The highest BCUT2D eigenvalue weighted by Crippen LogP contribution is 2.87. The second kappa shape index (κ2) is 2.52. The van der Waals surface area contributed by atoms with Crippen molar-refractivity contribution < 1.29 is 0 Å². The molecule has 0 aromatic rings. The average Bonchev–Trinajstić information content (AvgIpc) is 2.90. The summed E-state index contributed by atoms with van der Waals surface area (Å²) >= 11 is 0. The van der Waals surface area contributed by atoms with Crippen LogP contribution in [0.4, 0.5) is 0 Å². The molecule has 0 spiro atoms. The lowest BCUT2D eigenvalue weighted by Gasteiger charge is -2.73. The van der Waals surface area contributed by atoms with Crippen LogP contribution in [-0.2, 0) is 0 Å². The van der Waals surface area contributed by atoms with Gasteiger partial charge in [0.15, 0.2) is 0 Å². The van der Waals surface area contributed by atoms with Gasteiger partial charge in [-0.25, -0.2) is 0 Å². The number of rotatable bonds is 2. The van der Waals surface area contributed by atoms with E-state index in [2.05, 4.69) is 7.85 Å². The van der Waals surface area contributed by atoms with Crippen LogP contribution in [0.3, 0.4) is 0 Å². The third-order valence-electron chi connectivity index (χ3n) is 8.54. The third kappa shape index (κ3) is 0.728. The van der Waals surface area contributed by atoms with Crippen LogP contribution in [-0.4, -0.2) is 7.85 Å². The fourth-order valence-electron chi connectivity index (χ4n) is 8.12. The molecule has 0 nitrogen and oxygen atoms in total. The summed E-state index contributed by atoms with van der Waals surface area (Å²) in [5.41, 5.74) is 0. The zero-order valence-corrected chi connectivity index (χ0v) is 10.9. The lowest BCUT2D eigenvalue weighted by Crippen LogP contribution is -2.70. The second-order valence-corrected chi connectivity index (χ2v) is 8.39. The topological polar surface area (TPSA) is 0 Å². The van der Waals surface area contributed by atoms with E-state index in [-0.39, 0.29) is 0 Å². The molecule has 0 amide bonds. The van der Waals surface area contributed by atoms with E-state index in [9.17, 15) is 0 Å². The van der Waals surface area contributed by atoms with Crippen LogP contribution in [0.2, 0.25) is 6.32 Å². The molecule has 11 atom stereocenters. The molecule has 0 bridgehead atoms. The summed E-state index contributed by atoms with van der Waals surface area (Å²) in [5.74, 6) is 13.8. The van der Waals surface area contributed by atoms with Crippen molar-refractivity contribution in [3.8, 4) is 0 Å². The van der Waals surface area contributed by atoms with Crippen LogP contribution in [0, 0.1) is 65.1 Å². The molecule has 6 fully saturated rings. The van der Waals surface area contributed by atoms with Crippen molar-refractivity contribution in [3.63, 3.8) is 0 Å². The predicted octanol–water partition coefficient (Wildman–Crippen LogP) is 2.46. The van der Waals surface area contributed by atoms with E-state index >= 15 is 0 Å². The van der Waals surface area contributed by atoms with Gasteiger partial charge in [-0.3, -0.25) is 0 Å². The Morgan fingerprint density at radius 2 is 1.35 bits per heavy atom. The normalized spacial score (nSPS) is 75.6. The molecule has 6 aliphatic rings. The summed E-state index contributed by atoms with van der Waals surface area (Å²) in [6, 6.07) is 0. The van der Waals surface area contributed by atoms with Gasteiger partial charge in [-0.2, -0.15) is 0 Å². The summed E-state index contributed by atoms with van der Waals surface area (Å²) in [4.78, 5) is 0. The highest BCUT2D eigenvalue weighted by Gasteiger charge is 2.83. The maximum atomic E-state index is 2.42. The first-order chi connectivity index (χ1) is 8.42. The van der Waals surface area contributed by atoms with Crippen molar-refractivity contribution in [2.24, 2.45) is 65.1 Å². The standard InChI is InChI=1S/C16H23B/c17-4-3-8-6-1-2-7(6)11-12(8)16-14-10-5-9(10)13(14)15(11)16/h6-16H,1-5,17H2. The Kier molecular flexibility index (Phi) is 1.34. The third-order valence-corrected chi connectivity index (χ3v) is 8.54. The Morgan fingerprint density at radius 1 is 0.706 bits per heavy atom. The molecule has 17 heavy (non-hydrogen) atoms. The van der Waals surface area contributed by atoms with E-state index in [1.807, 2.05) is 0 Å². The van der Waals surface area contributed by atoms with E-state index in [1.165, 1.54) is 71.4 Å². The summed E-state index contributed by atoms with van der Waals surface area (Å²) in [6.45, 7) is 0. The molecule has 6 aliphatic carbocycles. The molecule has 1 heteroatoms. The molecule has 0 heterocycles. The highest BCUT2D eigenvalue weighted by molar-refractivity contribution is 6.08. The Labute approximate surface area is 105 Å². The minimum Gasteiger partial charge on any atom is -0.0808 e. The lowest BCUT2D eigenvalue weighted by molar-refractivity contribution is -0.263. The summed E-state index contributed by atoms with van der Waals surface area (Å²) in [7, 11) is 2.42. The van der Waals surface area contributed by atoms with Crippen LogP contribution >= 0.6 is 0 Å². The minimum atomic E-state index is 1.20. The van der Waals surface area contributed by atoms with Gasteiger partial charge < -0.3 is 0 Å². The average molecular weight is 226 g/mol. The first kappa shape index (κ1) is 9.05. The van der Waals surface area contributed by atoms with E-state index in [0.29, 0.717) is 0 Å². The van der Waals surface area contributed by atoms with Gasteiger partial charge in [-0.15, -0.1) is 0 Å². The van der Waals surface area contributed by atoms with Gasteiger partial charge in [-0.05, 0) is 84.4 Å². The molecule has 0 aromatic carbocycles. The van der Waals surface area contributed by atoms with Gasteiger partial charge in [0.05, 0.1) is 0 Å². The smallest absolute Gasteiger partial charge is 0.0808 e. The van der Waals surface area contributed by atoms with Crippen LogP contribution < -0.4 is 0 Å². The molecule has 6 saturated carbocycles. The fraction of sp³-hybridized carbons (Fsp3) is 1.00. The van der Waals surface area contributed by atoms with E-state index < -0.39 is 0 Å². The zero-order chi connectivity index (χ0) is 10.9.